The Morgan fingerprint density at radius 2 is 1.31 bits per heavy atom. The number of aliphatic imine (C=N–C) groups is 1. The van der Waals surface area contributed by atoms with E-state index in [0.29, 0.717) is 32.6 Å². The summed E-state index contributed by atoms with van der Waals surface area (Å²) in [6.07, 6.45) is -4.98. The van der Waals surface area contributed by atoms with E-state index >= 15 is 0 Å². The highest BCUT2D eigenvalue weighted by Crippen LogP contribution is 2.27. The predicted octanol–water partition coefficient (Wildman–Crippen LogP) is 7.49. The van der Waals surface area contributed by atoms with Crippen molar-refractivity contribution in [1.29, 1.82) is 0 Å². The first-order valence-electron chi connectivity index (χ1n) is 16.1. The van der Waals surface area contributed by atoms with Crippen LogP contribution < -0.4 is 26.8 Å². The molecule has 7 N–H and O–H groups in total. The molecule has 54 heavy (non-hydrogen) atoms. The fourth-order valence-corrected chi connectivity index (χ4v) is 5.36. The molecule has 0 radical (unpaired) electrons. The zero-order chi connectivity index (χ0) is 39.3. The topological polar surface area (TPSA) is 169 Å². The maximum atomic E-state index is 13.5. The van der Waals surface area contributed by atoms with Gasteiger partial charge in [0.1, 0.15) is 18.4 Å². The molecule has 280 valence electrons. The fraction of sp³-hybridized carbons (Fsp3) is 0.128. The van der Waals surface area contributed by atoms with Gasteiger partial charge in [-0.15, -0.1) is 0 Å². The number of rotatable bonds is 12. The molecule has 0 aromatic heterocycles. The van der Waals surface area contributed by atoms with Crippen LogP contribution in [0.3, 0.4) is 0 Å². The minimum Gasteiger partial charge on any atom is -0.489 e. The minimum atomic E-state index is -5.08. The van der Waals surface area contributed by atoms with Gasteiger partial charge in [-0.05, 0) is 64.2 Å². The zero-order valence-electron chi connectivity index (χ0n) is 28.3. The summed E-state index contributed by atoms with van der Waals surface area (Å²) in [5.74, 6) is -2.92. The van der Waals surface area contributed by atoms with Crippen molar-refractivity contribution in [2.24, 2.45) is 16.5 Å². The molecule has 10 nitrogen and oxygen atoms in total. The largest absolute Gasteiger partial charge is 0.490 e. The van der Waals surface area contributed by atoms with Gasteiger partial charge in [0.05, 0.1) is 12.1 Å². The molecule has 0 aliphatic rings. The highest BCUT2D eigenvalue weighted by Gasteiger charge is 2.38. The number of amides is 2. The summed E-state index contributed by atoms with van der Waals surface area (Å²) in [6, 6.07) is 36.2. The molecular weight excluding hydrogens is 746 g/mol. The van der Waals surface area contributed by atoms with E-state index in [1.807, 2.05) is 66.7 Å². The maximum Gasteiger partial charge on any atom is 0.490 e. The van der Waals surface area contributed by atoms with Gasteiger partial charge in [0.25, 0.3) is 0 Å². The SMILES string of the molecule is NC(N)=Nc1ccc(CNC(=O)[C@@H](NC(=O)Cc2ccc(-c3ccccc3)cc2)c2ccc(OCc3c(Cl)cccc3Cl)cc2)cc1.O=C(O)C(F)(F)F. The van der Waals surface area contributed by atoms with Gasteiger partial charge < -0.3 is 31.9 Å². The smallest absolute Gasteiger partial charge is 0.489 e. The van der Waals surface area contributed by atoms with Crippen molar-refractivity contribution < 1.29 is 37.4 Å². The number of ether oxygens (including phenoxy) is 1. The normalized spacial score (nSPS) is 11.3. The number of alkyl halides is 3. The average Bonchev–Trinajstić information content (AvgIpc) is 3.14. The summed E-state index contributed by atoms with van der Waals surface area (Å²) in [6.45, 7) is 0.400. The number of carboxylic acid groups (broad SMARTS) is 1. The molecule has 5 aromatic rings. The van der Waals surface area contributed by atoms with Gasteiger partial charge in [-0.2, -0.15) is 13.2 Å². The first kappa shape index (κ1) is 40.7. The number of nitrogens with zero attached hydrogens (tertiary/aromatic N) is 1. The standard InChI is InChI=1S/C37H33Cl2N5O3.C2HF3O2/c38-32-7-4-8-33(39)31(32)23-47-30-19-15-28(16-20-30)35(36(46)42-22-25-11-17-29(18-12-25)43-37(40)41)44-34(45)21-24-9-13-27(14-10-24)26-5-2-1-3-6-26;3-2(4,5)1(6)7/h1-20,35H,21-23H2,(H,42,46)(H,44,45)(H4,40,41,43);(H,6,7)/t35-;/m0./s1. The van der Waals surface area contributed by atoms with E-state index in [-0.39, 0.29) is 37.3 Å². The number of carboxylic acids is 1. The van der Waals surface area contributed by atoms with Gasteiger partial charge in [0, 0.05) is 22.2 Å². The van der Waals surface area contributed by atoms with Crippen LogP contribution in [0.2, 0.25) is 10.0 Å². The Balaban J connectivity index is 0.000000845. The van der Waals surface area contributed by atoms with Gasteiger partial charge in [0.2, 0.25) is 11.8 Å². The Kier molecular flexibility index (Phi) is 14.4. The lowest BCUT2D eigenvalue weighted by atomic mass is 10.0. The summed E-state index contributed by atoms with van der Waals surface area (Å²) in [4.78, 5) is 39.7. The molecule has 5 aromatic carbocycles. The lowest BCUT2D eigenvalue weighted by Gasteiger charge is -2.20. The number of carbonyl (C=O) groups is 3. The van der Waals surface area contributed by atoms with E-state index in [2.05, 4.69) is 15.6 Å². The van der Waals surface area contributed by atoms with E-state index in [0.717, 1.165) is 22.3 Å². The van der Waals surface area contributed by atoms with Gasteiger partial charge in [-0.25, -0.2) is 9.79 Å². The quantitative estimate of drug-likeness (QED) is 0.0646. The van der Waals surface area contributed by atoms with Crippen LogP contribution in [0.4, 0.5) is 18.9 Å². The fourth-order valence-electron chi connectivity index (χ4n) is 4.85. The molecule has 0 fully saturated rings. The van der Waals surface area contributed by atoms with Crippen molar-refractivity contribution in [3.8, 4) is 16.9 Å². The van der Waals surface area contributed by atoms with Crippen molar-refractivity contribution in [1.82, 2.24) is 10.6 Å². The molecule has 0 bridgehead atoms. The van der Waals surface area contributed by atoms with E-state index in [4.69, 9.17) is 49.3 Å². The van der Waals surface area contributed by atoms with Crippen LogP contribution >= 0.6 is 23.2 Å². The molecule has 0 aliphatic heterocycles. The van der Waals surface area contributed by atoms with Crippen molar-refractivity contribution in [2.75, 3.05) is 0 Å². The van der Waals surface area contributed by atoms with Crippen LogP contribution in [0, 0.1) is 0 Å². The second-order valence-corrected chi connectivity index (χ2v) is 12.3. The molecule has 0 saturated carbocycles. The monoisotopic (exact) mass is 779 g/mol. The number of aliphatic carboxylic acids is 1. The number of benzene rings is 5. The summed E-state index contributed by atoms with van der Waals surface area (Å²) in [5, 5.41) is 14.0. The molecule has 0 heterocycles. The lowest BCUT2D eigenvalue weighted by Crippen LogP contribution is -2.40. The number of hydrogen-bond acceptors (Lipinski definition) is 5. The van der Waals surface area contributed by atoms with Gasteiger partial charge in [-0.3, -0.25) is 9.59 Å². The minimum absolute atomic E-state index is 0.0409. The Morgan fingerprint density at radius 1 is 0.759 bits per heavy atom. The third-order valence-corrected chi connectivity index (χ3v) is 8.26. The molecular formula is C39H34Cl2F3N5O5. The molecule has 0 saturated heterocycles. The number of guanidine groups is 1. The summed E-state index contributed by atoms with van der Waals surface area (Å²) in [5.41, 5.74) is 16.6. The second kappa shape index (κ2) is 19.1. The van der Waals surface area contributed by atoms with Crippen molar-refractivity contribution in [2.45, 2.75) is 31.8 Å². The number of carbonyl (C=O) groups excluding carboxylic acids is 2. The molecule has 5 rings (SSSR count). The van der Waals surface area contributed by atoms with Crippen molar-refractivity contribution in [3.05, 3.63) is 154 Å². The summed E-state index contributed by atoms with van der Waals surface area (Å²) >= 11 is 12.6. The van der Waals surface area contributed by atoms with Crippen LogP contribution in [0.25, 0.3) is 11.1 Å². The number of nitrogens with two attached hydrogens (primary N) is 2. The Hall–Kier alpha value is -6.05. The predicted molar refractivity (Wildman–Crippen MR) is 201 cm³/mol. The number of halogens is 5. The summed E-state index contributed by atoms with van der Waals surface area (Å²) in [7, 11) is 0. The Morgan fingerprint density at radius 3 is 1.87 bits per heavy atom. The molecule has 1 atom stereocenters. The van der Waals surface area contributed by atoms with Crippen LogP contribution in [0.5, 0.6) is 5.75 Å². The van der Waals surface area contributed by atoms with Crippen molar-refractivity contribution in [3.63, 3.8) is 0 Å². The summed E-state index contributed by atoms with van der Waals surface area (Å²) < 4.78 is 37.6. The third-order valence-electron chi connectivity index (χ3n) is 7.56. The Bertz CT molecular complexity index is 2040. The van der Waals surface area contributed by atoms with Crippen LogP contribution in [0.15, 0.2) is 126 Å². The average molecular weight is 781 g/mol. The van der Waals surface area contributed by atoms with E-state index < -0.39 is 18.2 Å². The highest BCUT2D eigenvalue weighted by atomic mass is 35.5. The molecule has 2 amide bonds. The molecule has 0 unspecified atom stereocenters. The zero-order valence-corrected chi connectivity index (χ0v) is 29.8. The lowest BCUT2D eigenvalue weighted by molar-refractivity contribution is -0.192. The number of nitrogens with one attached hydrogen (secondary N) is 2. The molecule has 0 spiro atoms. The third kappa shape index (κ3) is 12.6. The van der Waals surface area contributed by atoms with Crippen LogP contribution in [-0.2, 0) is 34.0 Å². The maximum absolute atomic E-state index is 13.5. The Labute approximate surface area is 318 Å². The van der Waals surface area contributed by atoms with Gasteiger partial charge in [-0.1, -0.05) is 108 Å². The molecule has 15 heteroatoms. The number of hydrogen-bond donors (Lipinski definition) is 5. The van der Waals surface area contributed by atoms with E-state index in [1.54, 1.807) is 54.6 Å². The first-order valence-corrected chi connectivity index (χ1v) is 16.8. The van der Waals surface area contributed by atoms with E-state index in [9.17, 15) is 22.8 Å². The second-order valence-electron chi connectivity index (χ2n) is 11.5. The van der Waals surface area contributed by atoms with Gasteiger partial charge >= 0.3 is 12.1 Å². The molecule has 0 aliphatic carbocycles. The van der Waals surface area contributed by atoms with Crippen molar-refractivity contribution >= 4 is 52.6 Å². The van der Waals surface area contributed by atoms with E-state index in [1.165, 1.54) is 0 Å². The highest BCUT2D eigenvalue weighted by molar-refractivity contribution is 6.35. The van der Waals surface area contributed by atoms with Gasteiger partial charge in [0.15, 0.2) is 5.96 Å². The van der Waals surface area contributed by atoms with Crippen LogP contribution in [-0.4, -0.2) is 35.0 Å². The van der Waals surface area contributed by atoms with Crippen LogP contribution in [0.1, 0.15) is 28.3 Å². The first-order chi connectivity index (χ1) is 25.7.